The third kappa shape index (κ3) is 4.20. The van der Waals surface area contributed by atoms with Crippen molar-refractivity contribution in [3.8, 4) is 0 Å². The molecular weight excluding hydrogens is 246 g/mol. The van der Waals surface area contributed by atoms with Crippen molar-refractivity contribution in [1.82, 2.24) is 4.90 Å². The zero-order valence-corrected chi connectivity index (χ0v) is 12.5. The number of hydrogen-bond donors (Lipinski definition) is 1. The van der Waals surface area contributed by atoms with Crippen LogP contribution in [0.15, 0.2) is 0 Å². The molecule has 1 heterocycles. The van der Waals surface area contributed by atoms with Crippen molar-refractivity contribution in [2.45, 2.75) is 70.6 Å². The highest BCUT2D eigenvalue weighted by Gasteiger charge is 2.44. The number of carboxylic acids is 1. The maximum Gasteiger partial charge on any atom is 0.306 e. The summed E-state index contributed by atoms with van der Waals surface area (Å²) in [6.45, 7) is 8.52. The fourth-order valence-electron chi connectivity index (χ4n) is 2.82. The third-order valence-electron chi connectivity index (χ3n) is 4.11. The first kappa shape index (κ1) is 16.0. The standard InChI is InChI=1S/C14H25NO4/c1-13(2)8-10(9-14(3,4)15(13)5)19-12(18)7-6-11(16)17/h10H,6-9H2,1-5H3,(H,16,17). The van der Waals surface area contributed by atoms with Gasteiger partial charge in [-0.3, -0.25) is 14.5 Å². The predicted molar refractivity (Wildman–Crippen MR) is 71.9 cm³/mol. The first-order valence-electron chi connectivity index (χ1n) is 6.70. The Balaban J connectivity index is 2.60. The van der Waals surface area contributed by atoms with E-state index in [1.807, 2.05) is 0 Å². The molecular formula is C14H25NO4. The molecule has 1 aliphatic heterocycles. The second-order valence-electron chi connectivity index (χ2n) is 6.60. The normalized spacial score (nSPS) is 23.0. The first-order valence-corrected chi connectivity index (χ1v) is 6.70. The molecule has 0 amide bonds. The molecule has 0 radical (unpaired) electrons. The van der Waals surface area contributed by atoms with Gasteiger partial charge >= 0.3 is 11.9 Å². The number of carbonyl (C=O) groups is 2. The Bertz CT molecular complexity index is 344. The van der Waals surface area contributed by atoms with Crippen LogP contribution in [0.4, 0.5) is 0 Å². The molecule has 0 spiro atoms. The molecule has 0 aromatic rings. The highest BCUT2D eigenvalue weighted by Crippen LogP contribution is 2.38. The first-order chi connectivity index (χ1) is 8.54. The molecule has 0 bridgehead atoms. The number of carboxylic acid groups (broad SMARTS) is 1. The van der Waals surface area contributed by atoms with Crippen molar-refractivity contribution in [3.63, 3.8) is 0 Å². The van der Waals surface area contributed by atoms with Gasteiger partial charge in [0.05, 0.1) is 12.8 Å². The number of esters is 1. The van der Waals surface area contributed by atoms with Crippen LogP contribution in [0.25, 0.3) is 0 Å². The smallest absolute Gasteiger partial charge is 0.306 e. The summed E-state index contributed by atoms with van der Waals surface area (Å²) < 4.78 is 5.43. The molecule has 5 nitrogen and oxygen atoms in total. The lowest BCUT2D eigenvalue weighted by atomic mass is 9.79. The molecule has 0 unspecified atom stereocenters. The van der Waals surface area contributed by atoms with Gasteiger partial charge in [-0.15, -0.1) is 0 Å². The number of nitrogens with zero attached hydrogens (tertiary/aromatic N) is 1. The van der Waals surface area contributed by atoms with Crippen molar-refractivity contribution in [2.24, 2.45) is 0 Å². The van der Waals surface area contributed by atoms with Crippen LogP contribution in [0.5, 0.6) is 0 Å². The van der Waals surface area contributed by atoms with Crippen LogP contribution in [0.2, 0.25) is 0 Å². The molecule has 1 saturated heterocycles. The molecule has 0 aromatic heterocycles. The lowest BCUT2D eigenvalue weighted by Gasteiger charge is -2.53. The number of piperidine rings is 1. The summed E-state index contributed by atoms with van der Waals surface area (Å²) >= 11 is 0. The van der Waals surface area contributed by atoms with Crippen molar-refractivity contribution in [3.05, 3.63) is 0 Å². The summed E-state index contributed by atoms with van der Waals surface area (Å²) in [5, 5.41) is 8.55. The van der Waals surface area contributed by atoms with Crippen LogP contribution in [-0.4, -0.2) is 46.2 Å². The van der Waals surface area contributed by atoms with Gasteiger partial charge in [-0.1, -0.05) is 0 Å². The van der Waals surface area contributed by atoms with E-state index < -0.39 is 11.9 Å². The number of aliphatic carboxylic acids is 1. The minimum absolute atomic E-state index is 0.0422. The van der Waals surface area contributed by atoms with Gasteiger partial charge < -0.3 is 9.84 Å². The summed E-state index contributed by atoms with van der Waals surface area (Å²) in [5.41, 5.74) is -0.0843. The molecule has 1 N–H and O–H groups in total. The Morgan fingerprint density at radius 3 is 2.05 bits per heavy atom. The summed E-state index contributed by atoms with van der Waals surface area (Å²) in [4.78, 5) is 24.4. The van der Waals surface area contributed by atoms with Gasteiger partial charge in [-0.2, -0.15) is 0 Å². The lowest BCUT2D eigenvalue weighted by molar-refractivity contribution is -0.160. The number of ether oxygens (including phenoxy) is 1. The third-order valence-corrected chi connectivity index (χ3v) is 4.11. The van der Waals surface area contributed by atoms with E-state index in [-0.39, 0.29) is 30.0 Å². The van der Waals surface area contributed by atoms with E-state index in [9.17, 15) is 9.59 Å². The van der Waals surface area contributed by atoms with Crippen molar-refractivity contribution in [2.75, 3.05) is 7.05 Å². The molecule has 1 aliphatic rings. The maximum absolute atomic E-state index is 11.6. The van der Waals surface area contributed by atoms with Crippen molar-refractivity contribution in [1.29, 1.82) is 0 Å². The summed E-state index contributed by atoms with van der Waals surface area (Å²) in [7, 11) is 2.09. The maximum atomic E-state index is 11.6. The van der Waals surface area contributed by atoms with E-state index in [1.165, 1.54) is 0 Å². The second-order valence-corrected chi connectivity index (χ2v) is 6.60. The number of carbonyl (C=O) groups excluding carboxylic acids is 1. The van der Waals surface area contributed by atoms with Gasteiger partial charge in [-0.25, -0.2) is 0 Å². The molecule has 0 saturated carbocycles. The minimum Gasteiger partial charge on any atom is -0.481 e. The Morgan fingerprint density at radius 2 is 1.63 bits per heavy atom. The quantitative estimate of drug-likeness (QED) is 0.793. The number of hydrogen-bond acceptors (Lipinski definition) is 4. The average Bonchev–Trinajstić information content (AvgIpc) is 2.22. The predicted octanol–water partition coefficient (Wildman–Crippen LogP) is 2.05. The molecule has 110 valence electrons. The average molecular weight is 271 g/mol. The highest BCUT2D eigenvalue weighted by molar-refractivity contribution is 5.76. The topological polar surface area (TPSA) is 66.8 Å². The zero-order chi connectivity index (χ0) is 14.8. The fourth-order valence-corrected chi connectivity index (χ4v) is 2.82. The van der Waals surface area contributed by atoms with E-state index in [0.717, 1.165) is 12.8 Å². The van der Waals surface area contributed by atoms with Gasteiger partial charge in [0.2, 0.25) is 0 Å². The molecule has 0 atom stereocenters. The molecule has 1 fully saturated rings. The van der Waals surface area contributed by atoms with E-state index in [1.54, 1.807) is 0 Å². The Hall–Kier alpha value is -1.10. The van der Waals surface area contributed by atoms with E-state index >= 15 is 0 Å². The molecule has 0 aromatic carbocycles. The van der Waals surface area contributed by atoms with Crippen LogP contribution in [-0.2, 0) is 14.3 Å². The van der Waals surface area contributed by atoms with E-state index in [0.29, 0.717) is 0 Å². The van der Waals surface area contributed by atoms with E-state index in [4.69, 9.17) is 9.84 Å². The monoisotopic (exact) mass is 271 g/mol. The van der Waals surface area contributed by atoms with E-state index in [2.05, 4.69) is 39.6 Å². The summed E-state index contributed by atoms with van der Waals surface area (Å²) in [6, 6.07) is 0. The van der Waals surface area contributed by atoms with Crippen LogP contribution in [0, 0.1) is 0 Å². The second kappa shape index (κ2) is 5.49. The fraction of sp³-hybridized carbons (Fsp3) is 0.857. The zero-order valence-electron chi connectivity index (χ0n) is 12.5. The SMILES string of the molecule is CN1C(C)(C)CC(OC(=O)CCC(=O)O)CC1(C)C. The lowest BCUT2D eigenvalue weighted by Crippen LogP contribution is -2.60. The highest BCUT2D eigenvalue weighted by atomic mass is 16.5. The summed E-state index contributed by atoms with van der Waals surface area (Å²) in [6.07, 6.45) is 1.18. The molecule has 5 heteroatoms. The van der Waals surface area contributed by atoms with Crippen LogP contribution < -0.4 is 0 Å². The van der Waals surface area contributed by atoms with Gasteiger partial charge in [-0.05, 0) is 34.7 Å². The van der Waals surface area contributed by atoms with Gasteiger partial charge in [0.15, 0.2) is 0 Å². The number of likely N-dealkylation sites (tertiary alicyclic amines) is 1. The van der Waals surface area contributed by atoms with Crippen LogP contribution in [0.3, 0.4) is 0 Å². The Labute approximate surface area is 114 Å². The van der Waals surface area contributed by atoms with Gasteiger partial charge in [0, 0.05) is 23.9 Å². The Kier molecular flexibility index (Phi) is 4.61. The van der Waals surface area contributed by atoms with Gasteiger partial charge in [0.1, 0.15) is 6.10 Å². The van der Waals surface area contributed by atoms with Crippen LogP contribution in [0.1, 0.15) is 53.4 Å². The molecule has 0 aliphatic carbocycles. The van der Waals surface area contributed by atoms with Crippen molar-refractivity contribution < 1.29 is 19.4 Å². The largest absolute Gasteiger partial charge is 0.481 e. The Morgan fingerprint density at radius 1 is 1.16 bits per heavy atom. The van der Waals surface area contributed by atoms with Gasteiger partial charge in [0.25, 0.3) is 0 Å². The summed E-state index contributed by atoms with van der Waals surface area (Å²) in [5.74, 6) is -1.38. The molecule has 19 heavy (non-hydrogen) atoms. The number of rotatable bonds is 4. The van der Waals surface area contributed by atoms with Crippen LogP contribution >= 0.6 is 0 Å². The van der Waals surface area contributed by atoms with Crippen molar-refractivity contribution >= 4 is 11.9 Å². The molecule has 1 rings (SSSR count). The minimum atomic E-state index is -0.971.